The van der Waals surface area contributed by atoms with Gasteiger partial charge < -0.3 is 0 Å². The van der Waals surface area contributed by atoms with E-state index in [0.717, 1.165) is 5.56 Å². The average molecular weight is 268 g/mol. The van der Waals surface area contributed by atoms with Gasteiger partial charge in [0.25, 0.3) is 5.56 Å². The Hall–Kier alpha value is -2.49. The van der Waals surface area contributed by atoms with Crippen LogP contribution in [-0.4, -0.2) is 9.55 Å². The summed E-state index contributed by atoms with van der Waals surface area (Å²) < 4.78 is 14.8. The molecule has 2 aromatic carbocycles. The first kappa shape index (κ1) is 12.5. The molecule has 0 aliphatic rings. The molecule has 0 atom stereocenters. The number of hydrogen-bond acceptors (Lipinski definition) is 2. The standard InChI is InChI=1S/C16H13FN2O/c1-10-6-7-15-14(8-10)16(20)19(11(2)18-15)13-5-3-4-12(17)9-13/h3-9H,1-2H3. The van der Waals surface area contributed by atoms with E-state index in [-0.39, 0.29) is 11.4 Å². The fourth-order valence-electron chi connectivity index (χ4n) is 2.33. The number of benzene rings is 2. The molecule has 3 aromatic rings. The van der Waals surface area contributed by atoms with E-state index < -0.39 is 0 Å². The first-order valence-corrected chi connectivity index (χ1v) is 6.32. The van der Waals surface area contributed by atoms with Crippen molar-refractivity contribution in [3.63, 3.8) is 0 Å². The minimum Gasteiger partial charge on any atom is -0.268 e. The smallest absolute Gasteiger partial charge is 0.265 e. The Balaban J connectivity index is 2.39. The lowest BCUT2D eigenvalue weighted by Crippen LogP contribution is -2.22. The third-order valence-electron chi connectivity index (χ3n) is 3.26. The fraction of sp³-hybridized carbons (Fsp3) is 0.125. The Kier molecular flexibility index (Phi) is 2.86. The molecule has 0 unspecified atom stereocenters. The highest BCUT2D eigenvalue weighted by Crippen LogP contribution is 2.14. The second-order valence-electron chi connectivity index (χ2n) is 4.80. The highest BCUT2D eigenvalue weighted by molar-refractivity contribution is 5.78. The van der Waals surface area contributed by atoms with Crippen molar-refractivity contribution in [2.75, 3.05) is 0 Å². The molecule has 0 aliphatic heterocycles. The van der Waals surface area contributed by atoms with Crippen LogP contribution in [0.5, 0.6) is 0 Å². The third-order valence-corrected chi connectivity index (χ3v) is 3.26. The van der Waals surface area contributed by atoms with E-state index in [1.165, 1.54) is 16.7 Å². The summed E-state index contributed by atoms with van der Waals surface area (Å²) in [6.45, 7) is 3.66. The molecule has 0 saturated heterocycles. The Morgan fingerprint density at radius 3 is 2.65 bits per heavy atom. The molecule has 1 aromatic heterocycles. The van der Waals surface area contributed by atoms with Crippen LogP contribution in [0.3, 0.4) is 0 Å². The normalized spacial score (nSPS) is 10.9. The van der Waals surface area contributed by atoms with Gasteiger partial charge in [-0.15, -0.1) is 0 Å². The van der Waals surface area contributed by atoms with Crippen LogP contribution in [-0.2, 0) is 0 Å². The van der Waals surface area contributed by atoms with E-state index in [4.69, 9.17) is 0 Å². The van der Waals surface area contributed by atoms with Gasteiger partial charge in [0.1, 0.15) is 11.6 Å². The molecule has 0 aliphatic carbocycles. The molecular weight excluding hydrogens is 255 g/mol. The van der Waals surface area contributed by atoms with Gasteiger partial charge in [-0.25, -0.2) is 9.37 Å². The minimum absolute atomic E-state index is 0.179. The van der Waals surface area contributed by atoms with Crippen molar-refractivity contribution in [3.05, 3.63) is 70.0 Å². The van der Waals surface area contributed by atoms with Crippen molar-refractivity contribution in [3.8, 4) is 5.69 Å². The molecule has 100 valence electrons. The van der Waals surface area contributed by atoms with Gasteiger partial charge in [0.15, 0.2) is 0 Å². The molecule has 0 fully saturated rings. The Labute approximate surface area is 115 Å². The van der Waals surface area contributed by atoms with Gasteiger partial charge in [0.2, 0.25) is 0 Å². The predicted octanol–water partition coefficient (Wildman–Crippen LogP) is 3.14. The van der Waals surface area contributed by atoms with Crippen LogP contribution in [0.1, 0.15) is 11.4 Å². The lowest BCUT2D eigenvalue weighted by molar-refractivity contribution is 0.626. The number of aryl methyl sites for hydroxylation is 2. The zero-order chi connectivity index (χ0) is 14.3. The Morgan fingerprint density at radius 1 is 1.10 bits per heavy atom. The van der Waals surface area contributed by atoms with E-state index in [2.05, 4.69) is 4.98 Å². The van der Waals surface area contributed by atoms with E-state index in [1.807, 2.05) is 19.1 Å². The highest BCUT2D eigenvalue weighted by atomic mass is 19.1. The summed E-state index contributed by atoms with van der Waals surface area (Å²) in [6.07, 6.45) is 0. The van der Waals surface area contributed by atoms with Gasteiger partial charge in [-0.2, -0.15) is 0 Å². The maximum Gasteiger partial charge on any atom is 0.265 e. The van der Waals surface area contributed by atoms with Crippen molar-refractivity contribution >= 4 is 10.9 Å². The number of rotatable bonds is 1. The fourth-order valence-corrected chi connectivity index (χ4v) is 2.33. The summed E-state index contributed by atoms with van der Waals surface area (Å²) in [6, 6.07) is 11.5. The lowest BCUT2D eigenvalue weighted by Gasteiger charge is -2.11. The van der Waals surface area contributed by atoms with Gasteiger partial charge in [-0.05, 0) is 44.2 Å². The van der Waals surface area contributed by atoms with Crippen LogP contribution >= 0.6 is 0 Å². The highest BCUT2D eigenvalue weighted by Gasteiger charge is 2.10. The summed E-state index contributed by atoms with van der Waals surface area (Å²) in [5.74, 6) is 0.162. The number of hydrogen-bond donors (Lipinski definition) is 0. The van der Waals surface area contributed by atoms with Gasteiger partial charge in [0.05, 0.1) is 16.6 Å². The largest absolute Gasteiger partial charge is 0.268 e. The topological polar surface area (TPSA) is 34.9 Å². The van der Waals surface area contributed by atoms with Crippen LogP contribution in [0.15, 0.2) is 47.3 Å². The van der Waals surface area contributed by atoms with Crippen molar-refractivity contribution in [2.24, 2.45) is 0 Å². The maximum absolute atomic E-state index is 13.4. The van der Waals surface area contributed by atoms with Crippen molar-refractivity contribution < 1.29 is 4.39 Å². The molecule has 0 radical (unpaired) electrons. The van der Waals surface area contributed by atoms with E-state index >= 15 is 0 Å². The number of halogens is 1. The summed E-state index contributed by atoms with van der Waals surface area (Å²) >= 11 is 0. The zero-order valence-corrected chi connectivity index (χ0v) is 11.2. The molecule has 0 N–H and O–H groups in total. The molecule has 4 heteroatoms. The zero-order valence-electron chi connectivity index (χ0n) is 11.2. The SMILES string of the molecule is Cc1ccc2nc(C)n(-c3cccc(F)c3)c(=O)c2c1. The Morgan fingerprint density at radius 2 is 1.90 bits per heavy atom. The minimum atomic E-state index is -0.377. The first-order chi connectivity index (χ1) is 9.56. The maximum atomic E-state index is 13.4. The van der Waals surface area contributed by atoms with Gasteiger partial charge in [-0.1, -0.05) is 17.7 Å². The molecule has 0 amide bonds. The summed E-state index contributed by atoms with van der Waals surface area (Å²) in [5.41, 5.74) is 1.96. The van der Waals surface area contributed by atoms with Crippen LogP contribution in [0.4, 0.5) is 4.39 Å². The second-order valence-corrected chi connectivity index (χ2v) is 4.80. The quantitative estimate of drug-likeness (QED) is 0.679. The number of aromatic nitrogens is 2. The van der Waals surface area contributed by atoms with Crippen LogP contribution in [0.2, 0.25) is 0 Å². The third kappa shape index (κ3) is 1.99. The molecule has 0 saturated carbocycles. The van der Waals surface area contributed by atoms with Gasteiger partial charge >= 0.3 is 0 Å². The molecule has 20 heavy (non-hydrogen) atoms. The van der Waals surface area contributed by atoms with E-state index in [1.54, 1.807) is 25.1 Å². The summed E-state index contributed by atoms with van der Waals surface area (Å²) in [5, 5.41) is 0.542. The molecular formula is C16H13FN2O. The van der Waals surface area contributed by atoms with Crippen LogP contribution in [0, 0.1) is 19.7 Å². The van der Waals surface area contributed by atoms with Crippen molar-refractivity contribution in [2.45, 2.75) is 13.8 Å². The van der Waals surface area contributed by atoms with Crippen molar-refractivity contribution in [1.82, 2.24) is 9.55 Å². The van der Waals surface area contributed by atoms with E-state index in [9.17, 15) is 9.18 Å². The number of nitrogens with zero attached hydrogens (tertiary/aromatic N) is 2. The van der Waals surface area contributed by atoms with E-state index in [0.29, 0.717) is 22.4 Å². The molecule has 0 spiro atoms. The van der Waals surface area contributed by atoms with Gasteiger partial charge in [-0.3, -0.25) is 9.36 Å². The molecule has 3 rings (SSSR count). The second kappa shape index (κ2) is 4.56. The summed E-state index contributed by atoms with van der Waals surface area (Å²) in [7, 11) is 0. The first-order valence-electron chi connectivity index (χ1n) is 6.32. The van der Waals surface area contributed by atoms with Crippen molar-refractivity contribution in [1.29, 1.82) is 0 Å². The molecule has 1 heterocycles. The summed E-state index contributed by atoms with van der Waals surface area (Å²) in [4.78, 5) is 17.0. The average Bonchev–Trinajstić information content (AvgIpc) is 2.40. The molecule has 3 nitrogen and oxygen atoms in total. The Bertz CT molecular complexity index is 868. The van der Waals surface area contributed by atoms with Crippen LogP contribution in [0.25, 0.3) is 16.6 Å². The van der Waals surface area contributed by atoms with Crippen LogP contribution < -0.4 is 5.56 Å². The monoisotopic (exact) mass is 268 g/mol. The number of fused-ring (bicyclic) bond motifs is 1. The predicted molar refractivity (Wildman–Crippen MR) is 76.8 cm³/mol. The van der Waals surface area contributed by atoms with Gasteiger partial charge in [0, 0.05) is 0 Å². The lowest BCUT2D eigenvalue weighted by atomic mass is 10.1. The molecule has 0 bridgehead atoms.